The Labute approximate surface area is 186 Å². The third-order valence-corrected chi connectivity index (χ3v) is 5.52. The van der Waals surface area contributed by atoms with Crippen LogP contribution in [0.15, 0.2) is 71.3 Å². The maximum Gasteiger partial charge on any atom is 0.253 e. The maximum absolute atomic E-state index is 12.8. The SMILES string of the molecule is Cc1ccc(CNC(=O)c2ccccc2NC(=O)C2CC(=O)N(Cc3ccco3)C2)cc1. The van der Waals surface area contributed by atoms with Gasteiger partial charge in [0.05, 0.1) is 30.0 Å². The molecule has 2 N–H and O–H groups in total. The van der Waals surface area contributed by atoms with Gasteiger partial charge in [-0.25, -0.2) is 0 Å². The summed E-state index contributed by atoms with van der Waals surface area (Å²) >= 11 is 0. The molecule has 1 fully saturated rings. The number of para-hydroxylation sites is 1. The molecule has 1 aliphatic rings. The van der Waals surface area contributed by atoms with Crippen molar-refractivity contribution >= 4 is 23.4 Å². The first-order chi connectivity index (χ1) is 15.5. The Morgan fingerprint density at radius 2 is 1.84 bits per heavy atom. The van der Waals surface area contributed by atoms with E-state index < -0.39 is 5.92 Å². The number of hydrogen-bond donors (Lipinski definition) is 2. The number of likely N-dealkylation sites (tertiary alicyclic amines) is 1. The van der Waals surface area contributed by atoms with Crippen molar-refractivity contribution in [3.05, 3.63) is 89.4 Å². The van der Waals surface area contributed by atoms with Gasteiger partial charge >= 0.3 is 0 Å². The number of furan rings is 1. The first kappa shape index (κ1) is 21.4. The number of hydrogen-bond acceptors (Lipinski definition) is 4. The van der Waals surface area contributed by atoms with Crippen molar-refractivity contribution in [3.8, 4) is 0 Å². The molecule has 3 aromatic rings. The highest BCUT2D eigenvalue weighted by Crippen LogP contribution is 2.23. The summed E-state index contributed by atoms with van der Waals surface area (Å²) < 4.78 is 5.30. The molecule has 1 aliphatic heterocycles. The topological polar surface area (TPSA) is 91.7 Å². The van der Waals surface area contributed by atoms with Crippen molar-refractivity contribution in [2.24, 2.45) is 5.92 Å². The monoisotopic (exact) mass is 431 g/mol. The van der Waals surface area contributed by atoms with Gasteiger partial charge in [0.25, 0.3) is 5.91 Å². The Balaban J connectivity index is 1.38. The molecule has 0 saturated carbocycles. The lowest BCUT2D eigenvalue weighted by atomic mass is 10.1. The largest absolute Gasteiger partial charge is 0.467 e. The summed E-state index contributed by atoms with van der Waals surface area (Å²) in [5.74, 6) is -0.454. The highest BCUT2D eigenvalue weighted by atomic mass is 16.3. The van der Waals surface area contributed by atoms with Gasteiger partial charge in [-0.15, -0.1) is 0 Å². The van der Waals surface area contributed by atoms with E-state index >= 15 is 0 Å². The van der Waals surface area contributed by atoms with Gasteiger partial charge in [-0.2, -0.15) is 0 Å². The molecule has 7 nitrogen and oxygen atoms in total. The predicted molar refractivity (Wildman–Crippen MR) is 120 cm³/mol. The molecule has 1 unspecified atom stereocenters. The molecule has 1 saturated heterocycles. The van der Waals surface area contributed by atoms with Crippen molar-refractivity contribution in [1.82, 2.24) is 10.2 Å². The van der Waals surface area contributed by atoms with Crippen molar-refractivity contribution in [3.63, 3.8) is 0 Å². The number of anilines is 1. The highest BCUT2D eigenvalue weighted by Gasteiger charge is 2.35. The molecule has 0 aliphatic carbocycles. The molecular weight excluding hydrogens is 406 g/mol. The third-order valence-electron chi connectivity index (χ3n) is 5.52. The van der Waals surface area contributed by atoms with E-state index in [4.69, 9.17) is 4.42 Å². The molecule has 1 aromatic heterocycles. The third kappa shape index (κ3) is 5.06. The van der Waals surface area contributed by atoms with Crippen molar-refractivity contribution in [2.45, 2.75) is 26.4 Å². The number of carbonyl (C=O) groups excluding carboxylic acids is 3. The lowest BCUT2D eigenvalue weighted by Gasteiger charge is -2.16. The molecule has 32 heavy (non-hydrogen) atoms. The van der Waals surface area contributed by atoms with Gasteiger partial charge in [-0.05, 0) is 36.8 Å². The Kier molecular flexibility index (Phi) is 6.35. The van der Waals surface area contributed by atoms with E-state index in [-0.39, 0.29) is 24.1 Å². The van der Waals surface area contributed by atoms with Crippen LogP contribution in [-0.4, -0.2) is 29.2 Å². The minimum absolute atomic E-state index is 0.0920. The second-order valence-electron chi connectivity index (χ2n) is 7.96. The summed E-state index contributed by atoms with van der Waals surface area (Å²) in [6.07, 6.45) is 1.69. The summed E-state index contributed by atoms with van der Waals surface area (Å²) in [5.41, 5.74) is 2.95. The van der Waals surface area contributed by atoms with Crippen LogP contribution in [0.1, 0.15) is 33.7 Å². The lowest BCUT2D eigenvalue weighted by molar-refractivity contribution is -0.128. The van der Waals surface area contributed by atoms with E-state index in [9.17, 15) is 14.4 Å². The van der Waals surface area contributed by atoms with Crippen LogP contribution in [-0.2, 0) is 22.7 Å². The van der Waals surface area contributed by atoms with Crippen molar-refractivity contribution in [2.75, 3.05) is 11.9 Å². The van der Waals surface area contributed by atoms with Crippen LogP contribution < -0.4 is 10.6 Å². The number of aryl methyl sites for hydroxylation is 1. The van der Waals surface area contributed by atoms with Crippen LogP contribution >= 0.6 is 0 Å². The number of rotatable bonds is 7. The van der Waals surface area contributed by atoms with Crippen LogP contribution in [0.4, 0.5) is 5.69 Å². The van der Waals surface area contributed by atoms with E-state index in [0.29, 0.717) is 36.6 Å². The number of carbonyl (C=O) groups is 3. The second-order valence-corrected chi connectivity index (χ2v) is 7.96. The Morgan fingerprint density at radius 1 is 1.06 bits per heavy atom. The van der Waals surface area contributed by atoms with Gasteiger partial charge in [0.2, 0.25) is 11.8 Å². The van der Waals surface area contributed by atoms with Crippen molar-refractivity contribution in [1.29, 1.82) is 0 Å². The first-order valence-corrected chi connectivity index (χ1v) is 10.5. The first-order valence-electron chi connectivity index (χ1n) is 10.5. The predicted octanol–water partition coefficient (Wildman–Crippen LogP) is 3.51. The molecule has 4 rings (SSSR count). The van der Waals surface area contributed by atoms with E-state index in [1.165, 1.54) is 0 Å². The zero-order valence-electron chi connectivity index (χ0n) is 17.8. The Morgan fingerprint density at radius 3 is 2.59 bits per heavy atom. The normalized spacial score (nSPS) is 15.6. The summed E-state index contributed by atoms with van der Waals surface area (Å²) in [4.78, 5) is 39.5. The quantitative estimate of drug-likeness (QED) is 0.599. The van der Waals surface area contributed by atoms with E-state index in [0.717, 1.165) is 11.1 Å². The average Bonchev–Trinajstić information content (AvgIpc) is 3.44. The minimum atomic E-state index is -0.485. The lowest BCUT2D eigenvalue weighted by Crippen LogP contribution is -2.29. The van der Waals surface area contributed by atoms with Crippen LogP contribution in [0.2, 0.25) is 0 Å². The Hall–Kier alpha value is -3.87. The van der Waals surface area contributed by atoms with Gasteiger partial charge in [-0.3, -0.25) is 14.4 Å². The fourth-order valence-corrected chi connectivity index (χ4v) is 3.70. The number of benzene rings is 2. The smallest absolute Gasteiger partial charge is 0.253 e. The average molecular weight is 431 g/mol. The van der Waals surface area contributed by atoms with Crippen LogP contribution in [0.25, 0.3) is 0 Å². The van der Waals surface area contributed by atoms with E-state index in [1.54, 1.807) is 47.6 Å². The molecule has 0 spiro atoms. The molecule has 7 heteroatoms. The number of amides is 3. The van der Waals surface area contributed by atoms with Gasteiger partial charge in [0, 0.05) is 19.5 Å². The molecule has 2 heterocycles. The molecule has 0 bridgehead atoms. The Bertz CT molecular complexity index is 1110. The second kappa shape index (κ2) is 9.51. The summed E-state index contributed by atoms with van der Waals surface area (Å²) in [7, 11) is 0. The zero-order valence-corrected chi connectivity index (χ0v) is 17.8. The fourth-order valence-electron chi connectivity index (χ4n) is 3.70. The van der Waals surface area contributed by atoms with Gasteiger partial charge in [-0.1, -0.05) is 42.0 Å². The van der Waals surface area contributed by atoms with Crippen LogP contribution in [0.3, 0.4) is 0 Å². The molecule has 164 valence electrons. The molecule has 3 amide bonds. The molecule has 2 aromatic carbocycles. The number of nitrogens with zero attached hydrogens (tertiary/aromatic N) is 1. The number of nitrogens with one attached hydrogen (secondary N) is 2. The van der Waals surface area contributed by atoms with E-state index in [1.807, 2.05) is 31.2 Å². The fraction of sp³-hybridized carbons (Fsp3) is 0.240. The summed E-state index contributed by atoms with van der Waals surface area (Å²) in [5, 5.41) is 5.73. The van der Waals surface area contributed by atoms with E-state index in [2.05, 4.69) is 10.6 Å². The molecular formula is C25H25N3O4. The van der Waals surface area contributed by atoms with Gasteiger partial charge in [0.1, 0.15) is 5.76 Å². The molecule has 0 radical (unpaired) electrons. The van der Waals surface area contributed by atoms with Gasteiger partial charge < -0.3 is 20.0 Å². The van der Waals surface area contributed by atoms with Gasteiger partial charge in [0.15, 0.2) is 0 Å². The minimum Gasteiger partial charge on any atom is -0.467 e. The van der Waals surface area contributed by atoms with Crippen molar-refractivity contribution < 1.29 is 18.8 Å². The van der Waals surface area contributed by atoms with Crippen LogP contribution in [0, 0.1) is 12.8 Å². The zero-order chi connectivity index (χ0) is 22.5. The standard InChI is InChI=1S/C25H25N3O4/c1-17-8-10-18(11-9-17)14-26-25(31)21-6-2-3-7-22(21)27-24(30)19-13-23(29)28(15-19)16-20-5-4-12-32-20/h2-12,19H,13-16H2,1H3,(H,26,31)(H,27,30). The highest BCUT2D eigenvalue weighted by molar-refractivity contribution is 6.05. The molecule has 1 atom stereocenters. The van der Waals surface area contributed by atoms with Crippen LogP contribution in [0.5, 0.6) is 0 Å². The summed E-state index contributed by atoms with van der Waals surface area (Å²) in [6, 6.07) is 18.4. The maximum atomic E-state index is 12.8. The summed E-state index contributed by atoms with van der Waals surface area (Å²) in [6.45, 7) is 3.05.